The van der Waals surface area contributed by atoms with Crippen LogP contribution >= 0.6 is 11.3 Å². The van der Waals surface area contributed by atoms with Crippen LogP contribution in [0.3, 0.4) is 0 Å². The molecule has 2 unspecified atom stereocenters. The van der Waals surface area contributed by atoms with Gasteiger partial charge in [-0.2, -0.15) is 0 Å². The molecule has 0 bridgehead atoms. The molecule has 1 aliphatic heterocycles. The summed E-state index contributed by atoms with van der Waals surface area (Å²) in [6.45, 7) is 4.84. The molecule has 0 radical (unpaired) electrons. The van der Waals surface area contributed by atoms with Gasteiger partial charge in [0.15, 0.2) is 0 Å². The predicted molar refractivity (Wildman–Crippen MR) is 76.0 cm³/mol. The van der Waals surface area contributed by atoms with E-state index in [-0.39, 0.29) is 30.3 Å². The summed E-state index contributed by atoms with van der Waals surface area (Å²) in [5.41, 5.74) is 0. The molecule has 2 atom stereocenters. The molecular weight excluding hydrogens is 260 g/mol. The Labute approximate surface area is 117 Å². The lowest BCUT2D eigenvalue weighted by Gasteiger charge is -2.38. The summed E-state index contributed by atoms with van der Waals surface area (Å²) in [7, 11) is 0. The third-order valence-electron chi connectivity index (χ3n) is 3.70. The molecule has 4 nitrogen and oxygen atoms in total. The van der Waals surface area contributed by atoms with Crippen molar-refractivity contribution >= 4 is 23.2 Å². The minimum absolute atomic E-state index is 0.0138. The van der Waals surface area contributed by atoms with Crippen molar-refractivity contribution in [1.29, 1.82) is 0 Å². The van der Waals surface area contributed by atoms with Crippen molar-refractivity contribution in [2.24, 2.45) is 5.92 Å². The Morgan fingerprint density at radius 2 is 2.32 bits per heavy atom. The number of piperazine rings is 1. The molecule has 1 aromatic rings. The largest absolute Gasteiger partial charge is 0.345 e. The number of rotatable bonds is 5. The monoisotopic (exact) mass is 280 g/mol. The van der Waals surface area contributed by atoms with Crippen LogP contribution in [0.4, 0.5) is 0 Å². The minimum atomic E-state index is -0.314. The van der Waals surface area contributed by atoms with Crippen LogP contribution < -0.4 is 5.32 Å². The van der Waals surface area contributed by atoms with Crippen molar-refractivity contribution in [1.82, 2.24) is 10.2 Å². The SMILES string of the molecule is CCC(C)C1C(=O)NCC(=O)N1CCc1cccs1. The van der Waals surface area contributed by atoms with Gasteiger partial charge in [-0.25, -0.2) is 0 Å². The molecule has 104 valence electrons. The van der Waals surface area contributed by atoms with Crippen LogP contribution in [-0.2, 0) is 16.0 Å². The molecule has 1 saturated heterocycles. The Kier molecular flexibility index (Phi) is 4.58. The van der Waals surface area contributed by atoms with Gasteiger partial charge in [-0.15, -0.1) is 11.3 Å². The first-order valence-electron chi connectivity index (χ1n) is 6.73. The van der Waals surface area contributed by atoms with Crippen LogP contribution in [0, 0.1) is 5.92 Å². The number of nitrogens with one attached hydrogen (secondary N) is 1. The van der Waals surface area contributed by atoms with Gasteiger partial charge >= 0.3 is 0 Å². The van der Waals surface area contributed by atoms with E-state index < -0.39 is 0 Å². The second kappa shape index (κ2) is 6.19. The van der Waals surface area contributed by atoms with Crippen molar-refractivity contribution in [2.75, 3.05) is 13.1 Å². The zero-order chi connectivity index (χ0) is 13.8. The van der Waals surface area contributed by atoms with Gasteiger partial charge in [0.2, 0.25) is 11.8 Å². The summed E-state index contributed by atoms with van der Waals surface area (Å²) < 4.78 is 0. The maximum Gasteiger partial charge on any atom is 0.243 e. The molecule has 19 heavy (non-hydrogen) atoms. The smallest absolute Gasteiger partial charge is 0.243 e. The molecule has 5 heteroatoms. The standard InChI is InChI=1S/C14H20N2O2S/c1-3-10(2)13-14(18)15-9-12(17)16(13)7-6-11-5-4-8-19-11/h4-5,8,10,13H,3,6-7,9H2,1-2H3,(H,15,18). The third-order valence-corrected chi connectivity index (χ3v) is 4.64. The fourth-order valence-electron chi connectivity index (χ4n) is 2.40. The van der Waals surface area contributed by atoms with Gasteiger partial charge in [-0.3, -0.25) is 9.59 Å². The molecule has 1 aliphatic rings. The summed E-state index contributed by atoms with van der Waals surface area (Å²) in [6, 6.07) is 3.76. The van der Waals surface area contributed by atoms with E-state index >= 15 is 0 Å². The molecule has 0 saturated carbocycles. The molecule has 2 rings (SSSR count). The summed E-state index contributed by atoms with van der Waals surface area (Å²) in [4.78, 5) is 27.1. The number of carbonyl (C=O) groups excluding carboxylic acids is 2. The quantitative estimate of drug-likeness (QED) is 0.892. The maximum atomic E-state index is 12.0. The molecule has 2 heterocycles. The van der Waals surface area contributed by atoms with E-state index in [1.54, 1.807) is 16.2 Å². The number of amides is 2. The maximum absolute atomic E-state index is 12.0. The number of nitrogens with zero attached hydrogens (tertiary/aromatic N) is 1. The summed E-state index contributed by atoms with van der Waals surface area (Å²) in [5, 5.41) is 4.73. The normalized spacial score (nSPS) is 21.4. The molecule has 1 fully saturated rings. The highest BCUT2D eigenvalue weighted by molar-refractivity contribution is 7.09. The lowest BCUT2D eigenvalue weighted by Crippen LogP contribution is -2.60. The Morgan fingerprint density at radius 1 is 1.53 bits per heavy atom. The number of hydrogen-bond donors (Lipinski definition) is 1. The van der Waals surface area contributed by atoms with Crippen LogP contribution in [0.2, 0.25) is 0 Å². The summed E-state index contributed by atoms with van der Waals surface area (Å²) in [6.07, 6.45) is 1.71. The lowest BCUT2D eigenvalue weighted by molar-refractivity contribution is -0.147. The third kappa shape index (κ3) is 3.15. The van der Waals surface area contributed by atoms with E-state index in [1.807, 2.05) is 18.4 Å². The van der Waals surface area contributed by atoms with Gasteiger partial charge < -0.3 is 10.2 Å². The molecule has 0 spiro atoms. The Bertz CT molecular complexity index is 444. The predicted octanol–water partition coefficient (Wildman–Crippen LogP) is 1.66. The van der Waals surface area contributed by atoms with Gasteiger partial charge in [0, 0.05) is 11.4 Å². The van der Waals surface area contributed by atoms with Gasteiger partial charge in [-0.1, -0.05) is 26.3 Å². The van der Waals surface area contributed by atoms with Crippen molar-refractivity contribution < 1.29 is 9.59 Å². The van der Waals surface area contributed by atoms with Crippen LogP contribution in [0.15, 0.2) is 17.5 Å². The highest BCUT2D eigenvalue weighted by Crippen LogP contribution is 2.19. The van der Waals surface area contributed by atoms with E-state index in [9.17, 15) is 9.59 Å². The van der Waals surface area contributed by atoms with Gasteiger partial charge in [0.05, 0.1) is 6.54 Å². The van der Waals surface area contributed by atoms with E-state index in [4.69, 9.17) is 0 Å². The summed E-state index contributed by atoms with van der Waals surface area (Å²) in [5.74, 6) is 0.203. The van der Waals surface area contributed by atoms with Crippen molar-refractivity contribution in [3.63, 3.8) is 0 Å². The molecule has 0 aromatic carbocycles. The van der Waals surface area contributed by atoms with Crippen LogP contribution in [0.5, 0.6) is 0 Å². The highest BCUT2D eigenvalue weighted by atomic mass is 32.1. The Morgan fingerprint density at radius 3 is 2.95 bits per heavy atom. The Hall–Kier alpha value is -1.36. The lowest BCUT2D eigenvalue weighted by atomic mass is 9.95. The fraction of sp³-hybridized carbons (Fsp3) is 0.571. The second-order valence-corrected chi connectivity index (χ2v) is 6.00. The van der Waals surface area contributed by atoms with Crippen LogP contribution in [0.25, 0.3) is 0 Å². The molecule has 2 amide bonds. The summed E-state index contributed by atoms with van der Waals surface area (Å²) >= 11 is 1.69. The van der Waals surface area contributed by atoms with Gasteiger partial charge in [0.25, 0.3) is 0 Å². The fourth-order valence-corrected chi connectivity index (χ4v) is 3.10. The average Bonchev–Trinajstić information content (AvgIpc) is 2.92. The average molecular weight is 280 g/mol. The van der Waals surface area contributed by atoms with Crippen LogP contribution in [0.1, 0.15) is 25.1 Å². The zero-order valence-corrected chi connectivity index (χ0v) is 12.2. The topological polar surface area (TPSA) is 49.4 Å². The van der Waals surface area contributed by atoms with Gasteiger partial charge in [0.1, 0.15) is 6.04 Å². The zero-order valence-electron chi connectivity index (χ0n) is 11.4. The highest BCUT2D eigenvalue weighted by Gasteiger charge is 2.36. The molecule has 1 aromatic heterocycles. The van der Waals surface area contributed by atoms with E-state index in [2.05, 4.69) is 18.3 Å². The first kappa shape index (κ1) is 14.1. The number of hydrogen-bond acceptors (Lipinski definition) is 3. The van der Waals surface area contributed by atoms with Crippen LogP contribution in [-0.4, -0.2) is 35.8 Å². The van der Waals surface area contributed by atoms with E-state index in [0.29, 0.717) is 6.54 Å². The van der Waals surface area contributed by atoms with E-state index in [0.717, 1.165) is 12.8 Å². The molecule has 1 N–H and O–H groups in total. The van der Waals surface area contributed by atoms with E-state index in [1.165, 1.54) is 4.88 Å². The van der Waals surface area contributed by atoms with Crippen molar-refractivity contribution in [3.8, 4) is 0 Å². The van der Waals surface area contributed by atoms with Crippen molar-refractivity contribution in [3.05, 3.63) is 22.4 Å². The van der Waals surface area contributed by atoms with Gasteiger partial charge in [-0.05, 0) is 23.8 Å². The first-order chi connectivity index (χ1) is 9.13. The number of thiophene rings is 1. The Balaban J connectivity index is 2.07. The second-order valence-electron chi connectivity index (χ2n) is 4.96. The van der Waals surface area contributed by atoms with Crippen molar-refractivity contribution in [2.45, 2.75) is 32.7 Å². The molecule has 0 aliphatic carbocycles. The molecular formula is C14H20N2O2S. The number of carbonyl (C=O) groups is 2. The minimum Gasteiger partial charge on any atom is -0.345 e. The first-order valence-corrected chi connectivity index (χ1v) is 7.61.